The van der Waals surface area contributed by atoms with Gasteiger partial charge in [0.15, 0.2) is 0 Å². The van der Waals surface area contributed by atoms with Crippen molar-refractivity contribution >= 4 is 38.6 Å². The van der Waals surface area contributed by atoms with Crippen molar-refractivity contribution in [1.82, 2.24) is 40.0 Å². The van der Waals surface area contributed by atoms with E-state index in [1.165, 1.54) is 6.42 Å². The second kappa shape index (κ2) is 13.9. The minimum atomic E-state index is -0.212. The van der Waals surface area contributed by atoms with Gasteiger partial charge in [-0.3, -0.25) is 9.69 Å². The number of nitrogens with zero attached hydrogens (tertiary/aromatic N) is 5. The number of nitrogens with one attached hydrogen (secondary N) is 3. The molecular weight excluding hydrogens is 624 g/mol. The van der Waals surface area contributed by atoms with Crippen LogP contribution in [0.3, 0.4) is 0 Å². The molecule has 0 bridgehead atoms. The molecule has 10 nitrogen and oxygen atoms in total. The maximum absolute atomic E-state index is 13.7. The Kier molecular flexibility index (Phi) is 9.07. The number of carbonyl (C=O) groups is 1. The Morgan fingerprint density at radius 3 is 2.62 bits per heavy atom. The molecule has 50 heavy (non-hydrogen) atoms. The molecule has 6 aromatic rings. The first-order valence-corrected chi connectivity index (χ1v) is 18.1. The van der Waals surface area contributed by atoms with E-state index < -0.39 is 0 Å². The second-order valence-corrected chi connectivity index (χ2v) is 14.0. The summed E-state index contributed by atoms with van der Waals surface area (Å²) in [5, 5.41) is 6.66. The normalized spacial score (nSPS) is 18.0. The number of aromatic nitrogens is 5. The lowest BCUT2D eigenvalue weighted by Crippen LogP contribution is -2.50. The van der Waals surface area contributed by atoms with Crippen LogP contribution in [-0.2, 0) is 16.1 Å². The zero-order valence-electron chi connectivity index (χ0n) is 29.2. The fourth-order valence-electron chi connectivity index (χ4n) is 7.96. The van der Waals surface area contributed by atoms with E-state index in [0.29, 0.717) is 32.3 Å². The number of rotatable bonds is 10. The van der Waals surface area contributed by atoms with Gasteiger partial charge in [-0.25, -0.2) is 15.0 Å². The zero-order valence-corrected chi connectivity index (χ0v) is 29.2. The van der Waals surface area contributed by atoms with Crippen molar-refractivity contribution < 1.29 is 9.53 Å². The summed E-state index contributed by atoms with van der Waals surface area (Å²) < 4.78 is 5.54. The number of fused-ring (bicyclic) bond motifs is 4. The van der Waals surface area contributed by atoms with Crippen LogP contribution in [0.1, 0.15) is 56.7 Å². The van der Waals surface area contributed by atoms with Crippen LogP contribution in [0.25, 0.3) is 55.2 Å². The number of ether oxygens (including phenoxy) is 1. The number of aromatic amines is 2. The fraction of sp³-hybridized carbons (Fsp3) is 0.400. The lowest BCUT2D eigenvalue weighted by Gasteiger charge is -2.33. The van der Waals surface area contributed by atoms with Crippen LogP contribution >= 0.6 is 0 Å². The highest BCUT2D eigenvalue weighted by Gasteiger charge is 2.32. The third-order valence-electron chi connectivity index (χ3n) is 10.7. The van der Waals surface area contributed by atoms with Gasteiger partial charge < -0.3 is 24.9 Å². The largest absolute Gasteiger partial charge is 0.381 e. The first-order valence-electron chi connectivity index (χ1n) is 18.1. The Labute approximate surface area is 292 Å². The number of hydrogen-bond acceptors (Lipinski definition) is 7. The summed E-state index contributed by atoms with van der Waals surface area (Å²) in [6.45, 7) is 5.78. The number of pyridine rings is 1. The number of likely N-dealkylation sites (N-methyl/N-ethyl adjacent to an activating group) is 1. The summed E-state index contributed by atoms with van der Waals surface area (Å²) in [6, 6.07) is 21.6. The van der Waals surface area contributed by atoms with Gasteiger partial charge in [0.05, 0.1) is 52.8 Å². The molecule has 1 amide bonds. The first kappa shape index (κ1) is 32.6. The molecule has 5 heterocycles. The van der Waals surface area contributed by atoms with E-state index >= 15 is 0 Å². The van der Waals surface area contributed by atoms with Crippen LogP contribution < -0.4 is 5.32 Å². The van der Waals surface area contributed by atoms with E-state index in [1.807, 2.05) is 18.1 Å². The van der Waals surface area contributed by atoms with E-state index in [9.17, 15) is 4.79 Å². The molecule has 0 aliphatic carbocycles. The Morgan fingerprint density at radius 2 is 1.82 bits per heavy atom. The molecule has 0 spiro atoms. The molecule has 2 saturated heterocycles. The van der Waals surface area contributed by atoms with Crippen molar-refractivity contribution in [3.63, 3.8) is 0 Å². The van der Waals surface area contributed by atoms with Gasteiger partial charge in [0.2, 0.25) is 5.91 Å². The Morgan fingerprint density at radius 1 is 1.00 bits per heavy atom. The predicted molar refractivity (Wildman–Crippen MR) is 199 cm³/mol. The molecule has 2 aliphatic rings. The van der Waals surface area contributed by atoms with Gasteiger partial charge in [-0.2, -0.15) is 0 Å². The second-order valence-electron chi connectivity index (χ2n) is 14.0. The SMILES string of the molecule is CCCN(Cc1ncc(-c2ccc3nc(-c4ccc5c(ccc6[nH]c(C7CCCN7C)nc65)c4)ccc3c2)[nH]1)C(=O)[C@@H](NC)C1CCOCC1. The standard InChI is InChI=1S/C40H46N8O2/c1-4-17-48(40(49)37(41-2)25-15-19-50-20-16-25)24-36-42-23-34(44-36)29-10-13-32-28(22-29)9-12-31(43-32)27-7-11-30-26(21-27)8-14-33-38(30)46-39(45-33)35-6-5-18-47(35)3/h7-14,21-23,25,35,37,41H,4-6,15-20,24H2,1-3H3,(H,42,44)(H,45,46)/t35?,37-/m0/s1. The zero-order chi connectivity index (χ0) is 34.2. The summed E-state index contributed by atoms with van der Waals surface area (Å²) in [5.74, 6) is 2.26. The third-order valence-corrected chi connectivity index (χ3v) is 10.7. The van der Waals surface area contributed by atoms with Gasteiger partial charge in [0.1, 0.15) is 11.6 Å². The van der Waals surface area contributed by atoms with E-state index in [0.717, 1.165) is 99.1 Å². The van der Waals surface area contributed by atoms with Crippen molar-refractivity contribution in [1.29, 1.82) is 0 Å². The Hall–Kier alpha value is -4.64. The van der Waals surface area contributed by atoms with E-state index in [2.05, 4.69) is 99.8 Å². The van der Waals surface area contributed by atoms with Crippen molar-refractivity contribution in [2.45, 2.75) is 57.7 Å². The summed E-state index contributed by atoms with van der Waals surface area (Å²) >= 11 is 0. The molecule has 0 saturated carbocycles. The highest BCUT2D eigenvalue weighted by Crippen LogP contribution is 2.34. The van der Waals surface area contributed by atoms with Crippen molar-refractivity contribution in [2.24, 2.45) is 5.92 Å². The number of likely N-dealkylation sites (tertiary alicyclic amines) is 1. The molecule has 2 aliphatic heterocycles. The van der Waals surface area contributed by atoms with Crippen molar-refractivity contribution in [3.05, 3.63) is 78.5 Å². The van der Waals surface area contributed by atoms with Crippen molar-refractivity contribution in [2.75, 3.05) is 40.4 Å². The van der Waals surface area contributed by atoms with Gasteiger partial charge in [0, 0.05) is 41.7 Å². The Bertz CT molecular complexity index is 2150. The van der Waals surface area contributed by atoms with E-state index in [-0.39, 0.29) is 17.9 Å². The molecule has 0 radical (unpaired) electrons. The lowest BCUT2D eigenvalue weighted by molar-refractivity contribution is -0.136. The van der Waals surface area contributed by atoms with E-state index in [4.69, 9.17) is 14.7 Å². The number of imidazole rings is 2. The fourth-order valence-corrected chi connectivity index (χ4v) is 7.96. The monoisotopic (exact) mass is 670 g/mol. The highest BCUT2D eigenvalue weighted by atomic mass is 16.5. The van der Waals surface area contributed by atoms with Crippen LogP contribution in [0.4, 0.5) is 0 Å². The van der Waals surface area contributed by atoms with Gasteiger partial charge in [0.25, 0.3) is 0 Å². The smallest absolute Gasteiger partial charge is 0.240 e. The molecule has 3 aromatic heterocycles. The molecule has 1 unspecified atom stereocenters. The van der Waals surface area contributed by atoms with Gasteiger partial charge >= 0.3 is 0 Å². The van der Waals surface area contributed by atoms with Crippen molar-refractivity contribution in [3.8, 4) is 22.5 Å². The van der Waals surface area contributed by atoms with Crippen LogP contribution in [0.15, 0.2) is 66.9 Å². The molecular formula is C40H46N8O2. The van der Waals surface area contributed by atoms with Crippen LogP contribution in [0, 0.1) is 5.92 Å². The van der Waals surface area contributed by atoms with Crippen LogP contribution in [0.5, 0.6) is 0 Å². The topological polar surface area (TPSA) is 115 Å². The number of benzene rings is 3. The predicted octanol–water partition coefficient (Wildman–Crippen LogP) is 6.84. The van der Waals surface area contributed by atoms with Gasteiger partial charge in [-0.05, 0) is 94.4 Å². The Balaban J connectivity index is 1.000. The number of H-pyrrole nitrogens is 2. The summed E-state index contributed by atoms with van der Waals surface area (Å²) in [7, 11) is 4.07. The molecule has 3 N–H and O–H groups in total. The molecule has 2 atom stereocenters. The average molecular weight is 671 g/mol. The summed E-state index contributed by atoms with van der Waals surface area (Å²) in [5.41, 5.74) is 7.03. The molecule has 10 heteroatoms. The highest BCUT2D eigenvalue weighted by molar-refractivity contribution is 6.05. The number of amides is 1. The molecule has 3 aromatic carbocycles. The summed E-state index contributed by atoms with van der Waals surface area (Å²) in [4.78, 5) is 39.9. The average Bonchev–Trinajstić information content (AvgIpc) is 3.91. The van der Waals surface area contributed by atoms with Gasteiger partial charge in [-0.1, -0.05) is 37.3 Å². The molecule has 2 fully saturated rings. The molecule has 258 valence electrons. The number of carbonyl (C=O) groups excluding carboxylic acids is 1. The molecule has 8 rings (SSSR count). The minimum absolute atomic E-state index is 0.133. The third kappa shape index (κ3) is 6.27. The lowest BCUT2D eigenvalue weighted by atomic mass is 9.91. The minimum Gasteiger partial charge on any atom is -0.381 e. The van der Waals surface area contributed by atoms with Crippen LogP contribution in [-0.4, -0.2) is 87.1 Å². The maximum Gasteiger partial charge on any atom is 0.240 e. The summed E-state index contributed by atoms with van der Waals surface area (Å²) in [6.07, 6.45) is 6.90. The first-order chi connectivity index (χ1) is 24.5. The quantitative estimate of drug-likeness (QED) is 0.146. The maximum atomic E-state index is 13.7. The van der Waals surface area contributed by atoms with Gasteiger partial charge in [-0.15, -0.1) is 0 Å². The van der Waals surface area contributed by atoms with Crippen LogP contribution in [0.2, 0.25) is 0 Å². The number of hydrogen-bond donors (Lipinski definition) is 3. The van der Waals surface area contributed by atoms with E-state index in [1.54, 1.807) is 0 Å².